The summed E-state index contributed by atoms with van der Waals surface area (Å²) in [6, 6.07) is 19.6. The van der Waals surface area contributed by atoms with E-state index in [1.807, 2.05) is 55.5 Å². The molecule has 0 spiro atoms. The number of aryl methyl sites for hydroxylation is 3. The maximum atomic E-state index is 12.8. The number of fused-ring (bicyclic) bond motifs is 1. The number of nitrogens with zero attached hydrogens (tertiary/aromatic N) is 3. The van der Waals surface area contributed by atoms with E-state index in [1.165, 1.54) is 34.0 Å². The number of ether oxygens (including phenoxy) is 1. The summed E-state index contributed by atoms with van der Waals surface area (Å²) < 4.78 is 7.92. The Bertz CT molecular complexity index is 1580. The second kappa shape index (κ2) is 11.3. The summed E-state index contributed by atoms with van der Waals surface area (Å²) in [6.07, 6.45) is 0. The van der Waals surface area contributed by atoms with Crippen LogP contribution in [0.15, 0.2) is 77.1 Å². The van der Waals surface area contributed by atoms with Crippen LogP contribution in [-0.4, -0.2) is 20.5 Å². The fraction of sp³-hybridized carbons (Fsp3) is 0.258. The molecule has 1 aliphatic heterocycles. The Morgan fingerprint density at radius 1 is 1.00 bits per heavy atom. The average Bonchev–Trinajstić information content (AvgIpc) is 3.31. The van der Waals surface area contributed by atoms with Crippen molar-refractivity contribution in [3.8, 4) is 5.75 Å². The van der Waals surface area contributed by atoms with Gasteiger partial charge in [-0.3, -0.25) is 4.79 Å². The van der Waals surface area contributed by atoms with Crippen LogP contribution in [0.3, 0.4) is 0 Å². The molecule has 1 aliphatic rings. The van der Waals surface area contributed by atoms with E-state index in [0.29, 0.717) is 29.0 Å². The number of anilines is 1. The van der Waals surface area contributed by atoms with Crippen LogP contribution in [0.2, 0.25) is 5.02 Å². The number of ketones is 1. The number of halogens is 1. The Morgan fingerprint density at radius 2 is 1.72 bits per heavy atom. The fourth-order valence-corrected chi connectivity index (χ4v) is 5.91. The van der Waals surface area contributed by atoms with Gasteiger partial charge in [0, 0.05) is 22.0 Å². The van der Waals surface area contributed by atoms with E-state index in [9.17, 15) is 4.79 Å². The van der Waals surface area contributed by atoms with E-state index in [-0.39, 0.29) is 5.78 Å². The van der Waals surface area contributed by atoms with Gasteiger partial charge in [0.05, 0.1) is 0 Å². The Labute approximate surface area is 238 Å². The number of allylic oxidation sites excluding steroid dienone is 2. The van der Waals surface area contributed by atoms with Gasteiger partial charge in [-0.15, -0.1) is 5.10 Å². The van der Waals surface area contributed by atoms with Crippen molar-refractivity contribution in [2.45, 2.75) is 58.2 Å². The first kappa shape index (κ1) is 27.0. The lowest BCUT2D eigenvalue weighted by Gasteiger charge is -2.28. The van der Waals surface area contributed by atoms with Crippen molar-refractivity contribution < 1.29 is 9.53 Å². The van der Waals surface area contributed by atoms with Crippen LogP contribution >= 0.6 is 23.4 Å². The molecule has 2 heterocycles. The topological polar surface area (TPSA) is 69.0 Å². The first-order chi connectivity index (χ1) is 18.7. The van der Waals surface area contributed by atoms with E-state index in [1.54, 1.807) is 11.6 Å². The third-order valence-corrected chi connectivity index (χ3v) is 8.32. The summed E-state index contributed by atoms with van der Waals surface area (Å²) in [4.78, 5) is 17.5. The Morgan fingerprint density at radius 3 is 2.44 bits per heavy atom. The normalized spacial score (nSPS) is 14.7. The number of rotatable bonds is 8. The standard InChI is InChI=1S/C31H31ClN4O2S/c1-18-14-20(3)25(15-19(18)2)16-38-26-12-10-23(11-13-26)29-28(22(5)37)21(4)33-30-34-31(35-36(29)30)39-17-24-8-6-7-9-27(24)32/h6-15,29H,16-17H2,1-5H3,(H,33,34,35). The molecule has 3 aromatic carbocycles. The monoisotopic (exact) mass is 558 g/mol. The third kappa shape index (κ3) is 5.75. The third-order valence-electron chi connectivity index (χ3n) is 7.07. The predicted molar refractivity (Wildman–Crippen MR) is 158 cm³/mol. The molecular weight excluding hydrogens is 528 g/mol. The van der Waals surface area contributed by atoms with Gasteiger partial charge in [0.15, 0.2) is 5.78 Å². The molecule has 0 radical (unpaired) electrons. The quantitative estimate of drug-likeness (QED) is 0.224. The molecular formula is C31H31ClN4O2S. The van der Waals surface area contributed by atoms with Crippen molar-refractivity contribution >= 4 is 35.1 Å². The summed E-state index contributed by atoms with van der Waals surface area (Å²) >= 11 is 7.84. The van der Waals surface area contributed by atoms with Crippen molar-refractivity contribution in [1.29, 1.82) is 0 Å². The van der Waals surface area contributed by atoms with Gasteiger partial charge in [-0.05, 0) is 86.2 Å². The SMILES string of the molecule is CC(=O)C1=C(C)Nc2nc(SCc3ccccc3Cl)nn2C1c1ccc(OCc2cc(C)c(C)cc2C)cc1. The number of aromatic nitrogens is 3. The lowest BCUT2D eigenvalue weighted by molar-refractivity contribution is -0.114. The summed E-state index contributed by atoms with van der Waals surface area (Å²) in [7, 11) is 0. The summed E-state index contributed by atoms with van der Waals surface area (Å²) in [5.41, 5.74) is 8.33. The van der Waals surface area contributed by atoms with Crippen LogP contribution in [0.4, 0.5) is 5.95 Å². The largest absolute Gasteiger partial charge is 0.489 e. The zero-order valence-electron chi connectivity index (χ0n) is 22.7. The number of hydrogen-bond donors (Lipinski definition) is 1. The molecule has 0 saturated carbocycles. The molecule has 0 fully saturated rings. The number of thioether (sulfide) groups is 1. The second-order valence-corrected chi connectivity index (χ2v) is 11.2. The van der Waals surface area contributed by atoms with Gasteiger partial charge in [0.2, 0.25) is 11.1 Å². The Balaban J connectivity index is 1.38. The molecule has 0 bridgehead atoms. The predicted octanol–water partition coefficient (Wildman–Crippen LogP) is 7.61. The molecule has 5 rings (SSSR count). The molecule has 4 aromatic rings. The van der Waals surface area contributed by atoms with E-state index in [2.05, 4.69) is 38.2 Å². The summed E-state index contributed by atoms with van der Waals surface area (Å²) in [5, 5.41) is 9.39. The zero-order chi connectivity index (χ0) is 27.7. The maximum absolute atomic E-state index is 12.8. The number of carbonyl (C=O) groups excluding carboxylic acids is 1. The van der Waals surface area contributed by atoms with Crippen LogP contribution in [0.5, 0.6) is 5.75 Å². The lowest BCUT2D eigenvalue weighted by Crippen LogP contribution is -2.27. The fourth-order valence-electron chi connectivity index (χ4n) is 4.80. The minimum absolute atomic E-state index is 0.0121. The highest BCUT2D eigenvalue weighted by Gasteiger charge is 2.32. The van der Waals surface area contributed by atoms with E-state index in [0.717, 1.165) is 27.6 Å². The molecule has 8 heteroatoms. The first-order valence-corrected chi connectivity index (χ1v) is 14.2. The van der Waals surface area contributed by atoms with Crippen LogP contribution < -0.4 is 10.1 Å². The van der Waals surface area contributed by atoms with Gasteiger partial charge in [-0.25, -0.2) is 4.68 Å². The highest BCUT2D eigenvalue weighted by molar-refractivity contribution is 7.98. The molecule has 0 saturated heterocycles. The molecule has 1 unspecified atom stereocenters. The van der Waals surface area contributed by atoms with Crippen molar-refractivity contribution in [3.63, 3.8) is 0 Å². The molecule has 39 heavy (non-hydrogen) atoms. The van der Waals surface area contributed by atoms with Gasteiger partial charge in [0.25, 0.3) is 0 Å². The molecule has 1 aromatic heterocycles. The molecule has 200 valence electrons. The maximum Gasteiger partial charge on any atom is 0.227 e. The Hall–Kier alpha value is -3.55. The first-order valence-electron chi connectivity index (χ1n) is 12.8. The highest BCUT2D eigenvalue weighted by Crippen LogP contribution is 2.37. The molecule has 0 amide bonds. The number of benzene rings is 3. The van der Waals surface area contributed by atoms with Crippen LogP contribution in [0.25, 0.3) is 0 Å². The lowest BCUT2D eigenvalue weighted by atomic mass is 9.93. The van der Waals surface area contributed by atoms with Gasteiger partial charge in [-0.2, -0.15) is 4.98 Å². The Kier molecular flexibility index (Phi) is 7.82. The van der Waals surface area contributed by atoms with Gasteiger partial charge in [-0.1, -0.05) is 65.8 Å². The number of carbonyl (C=O) groups is 1. The molecule has 1 atom stereocenters. The minimum Gasteiger partial charge on any atom is -0.489 e. The average molecular weight is 559 g/mol. The van der Waals surface area contributed by atoms with Gasteiger partial charge in [0.1, 0.15) is 18.4 Å². The van der Waals surface area contributed by atoms with Crippen LogP contribution in [-0.2, 0) is 17.2 Å². The van der Waals surface area contributed by atoms with Crippen LogP contribution in [0.1, 0.15) is 53.3 Å². The smallest absolute Gasteiger partial charge is 0.227 e. The summed E-state index contributed by atoms with van der Waals surface area (Å²) in [5.74, 6) is 2.01. The molecule has 6 nitrogen and oxygen atoms in total. The van der Waals surface area contributed by atoms with Gasteiger partial charge >= 0.3 is 0 Å². The zero-order valence-corrected chi connectivity index (χ0v) is 24.3. The van der Waals surface area contributed by atoms with Crippen molar-refractivity contribution in [2.75, 3.05) is 5.32 Å². The van der Waals surface area contributed by atoms with Crippen molar-refractivity contribution in [1.82, 2.24) is 14.8 Å². The number of hydrogen-bond acceptors (Lipinski definition) is 6. The minimum atomic E-state index is -0.392. The second-order valence-electron chi connectivity index (χ2n) is 9.89. The highest BCUT2D eigenvalue weighted by atomic mass is 35.5. The molecule has 0 aliphatic carbocycles. The van der Waals surface area contributed by atoms with Crippen LogP contribution in [0, 0.1) is 20.8 Å². The van der Waals surface area contributed by atoms with Gasteiger partial charge < -0.3 is 10.1 Å². The van der Waals surface area contributed by atoms with E-state index < -0.39 is 6.04 Å². The molecule has 1 N–H and O–H groups in total. The van der Waals surface area contributed by atoms with E-state index in [4.69, 9.17) is 26.4 Å². The van der Waals surface area contributed by atoms with Crippen molar-refractivity contribution in [3.05, 3.63) is 110 Å². The van der Waals surface area contributed by atoms with E-state index >= 15 is 0 Å². The number of nitrogens with one attached hydrogen (secondary N) is 1. The summed E-state index contributed by atoms with van der Waals surface area (Å²) in [6.45, 7) is 10.3. The number of Topliss-reactive ketones (excluding diaryl/α,β-unsaturated/α-hetero) is 1. The van der Waals surface area contributed by atoms with Crippen molar-refractivity contribution in [2.24, 2.45) is 0 Å².